The molecule has 1 aromatic rings. The van der Waals surface area contributed by atoms with Crippen molar-refractivity contribution in [1.29, 1.82) is 0 Å². The van der Waals surface area contributed by atoms with Gasteiger partial charge in [0.05, 0.1) is 19.5 Å². The number of carboxylic acids is 1. The summed E-state index contributed by atoms with van der Waals surface area (Å²) in [4.78, 5) is 21.0. The van der Waals surface area contributed by atoms with Gasteiger partial charge in [0.1, 0.15) is 5.54 Å². The van der Waals surface area contributed by atoms with Gasteiger partial charge in [0, 0.05) is 6.54 Å². The number of rotatable bonds is 5. The molecule has 0 saturated carbocycles. The molecule has 0 atom stereocenters. The lowest BCUT2D eigenvalue weighted by Crippen LogP contribution is -2.50. The van der Waals surface area contributed by atoms with Gasteiger partial charge in [-0.1, -0.05) is 0 Å². The van der Waals surface area contributed by atoms with Crippen LogP contribution in [0.25, 0.3) is 0 Å². The average molecular weight is 239 g/mol. The zero-order valence-electron chi connectivity index (χ0n) is 10.5. The van der Waals surface area contributed by atoms with E-state index in [-0.39, 0.29) is 0 Å². The highest BCUT2D eigenvalue weighted by Crippen LogP contribution is 2.23. The molecule has 94 valence electrons. The number of ether oxygens (including phenoxy) is 1. The van der Waals surface area contributed by atoms with Gasteiger partial charge >= 0.3 is 5.97 Å². The molecule has 17 heavy (non-hydrogen) atoms. The van der Waals surface area contributed by atoms with Crippen LogP contribution in [-0.2, 0) is 4.79 Å². The second-order valence-electron chi connectivity index (χ2n) is 4.03. The number of carbonyl (C=O) groups is 1. The molecule has 0 aliphatic carbocycles. The minimum atomic E-state index is -1.05. The van der Waals surface area contributed by atoms with Crippen molar-refractivity contribution in [2.75, 3.05) is 18.6 Å². The van der Waals surface area contributed by atoms with Crippen LogP contribution in [0.5, 0.6) is 5.88 Å². The van der Waals surface area contributed by atoms with Crippen molar-refractivity contribution in [2.24, 2.45) is 0 Å². The standard InChI is InChI=1S/C11H17N3O3/c1-5-14(11(2,3)10(15)16)8-6-12-7-9(13-8)17-4/h6-7H,5H2,1-4H3,(H,15,16). The van der Waals surface area contributed by atoms with Crippen LogP contribution >= 0.6 is 0 Å². The molecule has 0 amide bonds. The van der Waals surface area contributed by atoms with E-state index >= 15 is 0 Å². The summed E-state index contributed by atoms with van der Waals surface area (Å²) in [5, 5.41) is 9.21. The highest BCUT2D eigenvalue weighted by atomic mass is 16.5. The van der Waals surface area contributed by atoms with Gasteiger partial charge < -0.3 is 14.7 Å². The van der Waals surface area contributed by atoms with Gasteiger partial charge in [-0.2, -0.15) is 4.98 Å². The molecule has 0 bridgehead atoms. The predicted molar refractivity (Wildman–Crippen MR) is 63.3 cm³/mol. The van der Waals surface area contributed by atoms with E-state index in [0.29, 0.717) is 18.2 Å². The lowest BCUT2D eigenvalue weighted by atomic mass is 10.0. The van der Waals surface area contributed by atoms with E-state index in [2.05, 4.69) is 9.97 Å². The Labute approximate surface area is 100 Å². The minimum Gasteiger partial charge on any atom is -0.480 e. The fourth-order valence-corrected chi connectivity index (χ4v) is 1.53. The first-order valence-electron chi connectivity index (χ1n) is 5.30. The van der Waals surface area contributed by atoms with Gasteiger partial charge in [0.25, 0.3) is 0 Å². The predicted octanol–water partition coefficient (Wildman–Crippen LogP) is 1.17. The Morgan fingerprint density at radius 2 is 2.18 bits per heavy atom. The molecular formula is C11H17N3O3. The van der Waals surface area contributed by atoms with E-state index in [4.69, 9.17) is 4.74 Å². The number of carboxylic acid groups (broad SMARTS) is 1. The van der Waals surface area contributed by atoms with Crippen molar-refractivity contribution >= 4 is 11.8 Å². The largest absolute Gasteiger partial charge is 0.480 e. The SMILES string of the molecule is CCN(c1cncc(OC)n1)C(C)(C)C(=O)O. The van der Waals surface area contributed by atoms with Crippen LogP contribution in [0.2, 0.25) is 0 Å². The van der Waals surface area contributed by atoms with Crippen LogP contribution in [0.1, 0.15) is 20.8 Å². The summed E-state index contributed by atoms with van der Waals surface area (Å²) < 4.78 is 4.97. The molecule has 0 aliphatic heterocycles. The Morgan fingerprint density at radius 1 is 1.53 bits per heavy atom. The summed E-state index contributed by atoms with van der Waals surface area (Å²) in [7, 11) is 1.49. The highest BCUT2D eigenvalue weighted by molar-refractivity contribution is 5.82. The van der Waals surface area contributed by atoms with Crippen molar-refractivity contribution in [3.63, 3.8) is 0 Å². The molecule has 1 aromatic heterocycles. The molecule has 0 radical (unpaired) electrons. The fourth-order valence-electron chi connectivity index (χ4n) is 1.53. The van der Waals surface area contributed by atoms with Crippen molar-refractivity contribution < 1.29 is 14.6 Å². The third-order valence-electron chi connectivity index (χ3n) is 2.60. The summed E-state index contributed by atoms with van der Waals surface area (Å²) in [6.45, 7) is 5.63. The molecule has 0 aromatic carbocycles. The molecule has 1 heterocycles. The zero-order chi connectivity index (χ0) is 13.1. The van der Waals surface area contributed by atoms with Crippen molar-refractivity contribution in [2.45, 2.75) is 26.3 Å². The zero-order valence-corrected chi connectivity index (χ0v) is 10.5. The summed E-state index contributed by atoms with van der Waals surface area (Å²) >= 11 is 0. The highest BCUT2D eigenvalue weighted by Gasteiger charge is 2.34. The first kappa shape index (κ1) is 13.2. The van der Waals surface area contributed by atoms with E-state index in [1.807, 2.05) is 6.92 Å². The number of likely N-dealkylation sites (N-methyl/N-ethyl adjacent to an activating group) is 1. The van der Waals surface area contributed by atoms with E-state index < -0.39 is 11.5 Å². The van der Waals surface area contributed by atoms with Crippen LogP contribution in [0.3, 0.4) is 0 Å². The Morgan fingerprint density at radius 3 is 2.65 bits per heavy atom. The van der Waals surface area contributed by atoms with E-state index in [1.165, 1.54) is 19.5 Å². The van der Waals surface area contributed by atoms with Gasteiger partial charge in [-0.3, -0.25) is 4.98 Å². The third-order valence-corrected chi connectivity index (χ3v) is 2.60. The quantitative estimate of drug-likeness (QED) is 0.831. The normalized spacial score (nSPS) is 11.1. The van der Waals surface area contributed by atoms with E-state index in [1.54, 1.807) is 18.7 Å². The van der Waals surface area contributed by atoms with Crippen LogP contribution in [0.15, 0.2) is 12.4 Å². The molecule has 6 heteroatoms. The molecule has 0 fully saturated rings. The molecule has 0 unspecified atom stereocenters. The van der Waals surface area contributed by atoms with Crippen LogP contribution < -0.4 is 9.64 Å². The van der Waals surface area contributed by atoms with Gasteiger partial charge in [0.15, 0.2) is 5.82 Å². The molecule has 0 saturated heterocycles. The van der Waals surface area contributed by atoms with Crippen LogP contribution in [0.4, 0.5) is 5.82 Å². The summed E-state index contributed by atoms with van der Waals surface area (Å²) in [5.41, 5.74) is -1.05. The number of methoxy groups -OCH3 is 1. The number of hydrogen-bond donors (Lipinski definition) is 1. The smallest absolute Gasteiger partial charge is 0.328 e. The summed E-state index contributed by atoms with van der Waals surface area (Å²) in [6, 6.07) is 0. The maximum absolute atomic E-state index is 11.2. The number of aliphatic carboxylic acids is 1. The Bertz CT molecular complexity index is 407. The van der Waals surface area contributed by atoms with Crippen molar-refractivity contribution in [3.05, 3.63) is 12.4 Å². The lowest BCUT2D eigenvalue weighted by molar-refractivity contribution is -0.142. The number of nitrogens with zero attached hydrogens (tertiary/aromatic N) is 3. The first-order chi connectivity index (χ1) is 7.93. The summed E-state index contributed by atoms with van der Waals surface area (Å²) in [5.74, 6) is -0.0645. The average Bonchev–Trinajstić information content (AvgIpc) is 2.29. The van der Waals surface area contributed by atoms with E-state index in [9.17, 15) is 9.90 Å². The van der Waals surface area contributed by atoms with E-state index in [0.717, 1.165) is 0 Å². The summed E-state index contributed by atoms with van der Waals surface area (Å²) in [6.07, 6.45) is 3.00. The number of aromatic nitrogens is 2. The first-order valence-corrected chi connectivity index (χ1v) is 5.30. The second-order valence-corrected chi connectivity index (χ2v) is 4.03. The number of anilines is 1. The number of hydrogen-bond acceptors (Lipinski definition) is 5. The van der Waals surface area contributed by atoms with Gasteiger partial charge in [-0.25, -0.2) is 4.79 Å². The van der Waals surface area contributed by atoms with Crippen molar-refractivity contribution in [3.8, 4) is 5.88 Å². The third kappa shape index (κ3) is 2.64. The Balaban J connectivity index is 3.13. The molecule has 6 nitrogen and oxygen atoms in total. The van der Waals surface area contributed by atoms with Gasteiger partial charge in [-0.15, -0.1) is 0 Å². The fraction of sp³-hybridized carbons (Fsp3) is 0.545. The maximum Gasteiger partial charge on any atom is 0.328 e. The minimum absolute atomic E-state index is 0.363. The second kappa shape index (κ2) is 4.99. The molecular weight excluding hydrogens is 222 g/mol. The lowest BCUT2D eigenvalue weighted by Gasteiger charge is -2.34. The van der Waals surface area contributed by atoms with Crippen LogP contribution in [0, 0.1) is 0 Å². The molecule has 0 spiro atoms. The van der Waals surface area contributed by atoms with Crippen LogP contribution in [-0.4, -0.2) is 40.2 Å². The van der Waals surface area contributed by atoms with Gasteiger partial charge in [0.2, 0.25) is 5.88 Å². The maximum atomic E-state index is 11.2. The van der Waals surface area contributed by atoms with Crippen molar-refractivity contribution in [1.82, 2.24) is 9.97 Å². The molecule has 1 N–H and O–H groups in total. The molecule has 0 aliphatic rings. The topological polar surface area (TPSA) is 75.5 Å². The van der Waals surface area contributed by atoms with Gasteiger partial charge in [-0.05, 0) is 20.8 Å². The Kier molecular flexibility index (Phi) is 3.88. The molecule has 1 rings (SSSR count). The Hall–Kier alpha value is -1.85. The monoisotopic (exact) mass is 239 g/mol.